The number of amides is 2. The van der Waals surface area contributed by atoms with Gasteiger partial charge in [0.15, 0.2) is 0 Å². The van der Waals surface area contributed by atoms with Crippen LogP contribution in [0.4, 0.5) is 4.39 Å². The number of aromatic nitrogens is 1. The summed E-state index contributed by atoms with van der Waals surface area (Å²) >= 11 is 0. The van der Waals surface area contributed by atoms with Gasteiger partial charge in [-0.3, -0.25) is 14.6 Å². The number of nitrogens with zero attached hydrogens (tertiary/aromatic N) is 1. The molecule has 1 saturated carbocycles. The van der Waals surface area contributed by atoms with Crippen molar-refractivity contribution >= 4 is 11.8 Å². The van der Waals surface area contributed by atoms with Crippen molar-refractivity contribution in [1.29, 1.82) is 0 Å². The third-order valence-electron chi connectivity index (χ3n) is 6.20. The number of benzene rings is 2. The number of hydrogen-bond acceptors (Lipinski definition) is 3. The number of rotatable bonds is 8. The monoisotopic (exact) mass is 431 g/mol. The van der Waals surface area contributed by atoms with Crippen LogP contribution in [0.1, 0.15) is 40.7 Å². The molecule has 0 radical (unpaired) electrons. The lowest BCUT2D eigenvalue weighted by molar-refractivity contribution is -0.123. The lowest BCUT2D eigenvalue weighted by Gasteiger charge is -2.43. The first-order chi connectivity index (χ1) is 15.6. The molecule has 4 rings (SSSR count). The first-order valence-electron chi connectivity index (χ1n) is 10.8. The summed E-state index contributed by atoms with van der Waals surface area (Å²) in [6, 6.07) is 18.7. The lowest BCUT2D eigenvalue weighted by Crippen LogP contribution is -2.52. The molecular formula is C26H26FN3O2. The van der Waals surface area contributed by atoms with Crippen LogP contribution in [0.5, 0.6) is 0 Å². The molecule has 0 aliphatic heterocycles. The molecule has 0 spiro atoms. The van der Waals surface area contributed by atoms with E-state index in [-0.39, 0.29) is 23.0 Å². The second-order valence-corrected chi connectivity index (χ2v) is 8.32. The largest absolute Gasteiger partial charge is 0.353 e. The van der Waals surface area contributed by atoms with Crippen LogP contribution in [0.2, 0.25) is 0 Å². The molecule has 32 heavy (non-hydrogen) atoms. The summed E-state index contributed by atoms with van der Waals surface area (Å²) in [5.74, 6) is -0.848. The third kappa shape index (κ3) is 5.02. The van der Waals surface area contributed by atoms with E-state index in [1.165, 1.54) is 18.3 Å². The molecule has 5 nitrogen and oxygen atoms in total. The van der Waals surface area contributed by atoms with E-state index in [9.17, 15) is 14.0 Å². The predicted octanol–water partition coefficient (Wildman–Crippen LogP) is 3.80. The molecule has 1 fully saturated rings. The molecule has 1 atom stereocenters. The van der Waals surface area contributed by atoms with Gasteiger partial charge in [-0.1, -0.05) is 48.9 Å². The molecule has 1 aromatic heterocycles. The average Bonchev–Trinajstić information content (AvgIpc) is 2.80. The fourth-order valence-electron chi connectivity index (χ4n) is 4.15. The Bertz CT molecular complexity index is 1050. The third-order valence-corrected chi connectivity index (χ3v) is 6.20. The molecule has 2 aromatic carbocycles. The van der Waals surface area contributed by atoms with Crippen molar-refractivity contribution in [3.05, 3.63) is 102 Å². The molecule has 0 saturated heterocycles. The van der Waals surface area contributed by atoms with Crippen molar-refractivity contribution in [3.63, 3.8) is 0 Å². The van der Waals surface area contributed by atoms with Gasteiger partial charge in [0.05, 0.1) is 5.56 Å². The molecule has 3 aromatic rings. The Kier molecular flexibility index (Phi) is 6.59. The number of carbonyl (C=O) groups excluding carboxylic acids is 2. The number of hydrogen-bond donors (Lipinski definition) is 2. The van der Waals surface area contributed by atoms with Gasteiger partial charge in [0.2, 0.25) is 5.91 Å². The summed E-state index contributed by atoms with van der Waals surface area (Å²) in [6.45, 7) is 0.450. The molecular weight excluding hydrogens is 405 g/mol. The standard InChI is InChI=1S/C26H26FN3O2/c27-22-11-9-21(10-12-22)26(13-5-14-26)18-29-25(32)23(16-19-6-2-1-3-7-19)30-24(31)20-8-4-15-28-17-20/h1-4,6-12,15,17,23H,5,13-14,16,18H2,(H,29,32)(H,30,31). The van der Waals surface area contributed by atoms with Gasteiger partial charge >= 0.3 is 0 Å². The molecule has 164 valence electrons. The predicted molar refractivity (Wildman–Crippen MR) is 121 cm³/mol. The Balaban J connectivity index is 1.47. The van der Waals surface area contributed by atoms with E-state index in [4.69, 9.17) is 0 Å². The van der Waals surface area contributed by atoms with Crippen LogP contribution in [0.3, 0.4) is 0 Å². The van der Waals surface area contributed by atoms with Crippen molar-refractivity contribution in [1.82, 2.24) is 15.6 Å². The lowest BCUT2D eigenvalue weighted by atomic mass is 9.64. The van der Waals surface area contributed by atoms with E-state index in [2.05, 4.69) is 15.6 Å². The minimum Gasteiger partial charge on any atom is -0.353 e. The highest BCUT2D eigenvalue weighted by Gasteiger charge is 2.39. The highest BCUT2D eigenvalue weighted by atomic mass is 19.1. The minimum absolute atomic E-state index is 0.186. The number of carbonyl (C=O) groups is 2. The van der Waals surface area contributed by atoms with Crippen molar-refractivity contribution in [2.45, 2.75) is 37.1 Å². The molecule has 6 heteroatoms. The highest BCUT2D eigenvalue weighted by molar-refractivity contribution is 5.97. The van der Waals surface area contributed by atoms with Crippen LogP contribution < -0.4 is 10.6 Å². The Hall–Kier alpha value is -3.54. The summed E-state index contributed by atoms with van der Waals surface area (Å²) in [5.41, 5.74) is 2.20. The Morgan fingerprint density at radius 3 is 2.38 bits per heavy atom. The van der Waals surface area contributed by atoms with Gasteiger partial charge in [0.25, 0.3) is 5.91 Å². The van der Waals surface area contributed by atoms with Gasteiger partial charge < -0.3 is 10.6 Å². The average molecular weight is 432 g/mol. The summed E-state index contributed by atoms with van der Waals surface area (Å²) in [4.78, 5) is 29.9. The Morgan fingerprint density at radius 2 is 1.75 bits per heavy atom. The van der Waals surface area contributed by atoms with Crippen LogP contribution in [0, 0.1) is 5.82 Å². The van der Waals surface area contributed by atoms with Crippen LogP contribution in [0.25, 0.3) is 0 Å². The molecule has 1 aliphatic carbocycles. The summed E-state index contributed by atoms with van der Waals surface area (Å²) in [7, 11) is 0. The van der Waals surface area contributed by atoms with Crippen molar-refractivity contribution in [2.24, 2.45) is 0 Å². The quantitative estimate of drug-likeness (QED) is 0.570. The molecule has 2 N–H and O–H groups in total. The second kappa shape index (κ2) is 9.73. The highest BCUT2D eigenvalue weighted by Crippen LogP contribution is 2.43. The van der Waals surface area contributed by atoms with Gasteiger partial charge in [0.1, 0.15) is 11.9 Å². The number of nitrogens with one attached hydrogen (secondary N) is 2. The Labute approximate surface area is 187 Å². The minimum atomic E-state index is -0.726. The first kappa shape index (κ1) is 21.7. The zero-order valence-corrected chi connectivity index (χ0v) is 17.8. The maximum Gasteiger partial charge on any atom is 0.253 e. The van der Waals surface area contributed by atoms with E-state index in [1.54, 1.807) is 30.5 Å². The zero-order valence-electron chi connectivity index (χ0n) is 17.8. The van der Waals surface area contributed by atoms with Crippen LogP contribution in [0.15, 0.2) is 79.1 Å². The van der Waals surface area contributed by atoms with Gasteiger partial charge in [-0.05, 0) is 48.2 Å². The van der Waals surface area contributed by atoms with Gasteiger partial charge in [0, 0.05) is 30.8 Å². The molecule has 2 amide bonds. The molecule has 0 bridgehead atoms. The fraction of sp³-hybridized carbons (Fsp3) is 0.269. The van der Waals surface area contributed by atoms with Crippen LogP contribution >= 0.6 is 0 Å². The summed E-state index contributed by atoms with van der Waals surface area (Å²) in [6.07, 6.45) is 6.39. The Morgan fingerprint density at radius 1 is 1.00 bits per heavy atom. The van der Waals surface area contributed by atoms with Crippen molar-refractivity contribution < 1.29 is 14.0 Å². The topological polar surface area (TPSA) is 71.1 Å². The van der Waals surface area contributed by atoms with Gasteiger partial charge in [-0.15, -0.1) is 0 Å². The van der Waals surface area contributed by atoms with E-state index in [0.29, 0.717) is 18.5 Å². The van der Waals surface area contributed by atoms with Crippen LogP contribution in [-0.4, -0.2) is 29.4 Å². The van der Waals surface area contributed by atoms with Crippen LogP contribution in [-0.2, 0) is 16.6 Å². The SMILES string of the molecule is O=C(NC(Cc1ccccc1)C(=O)NCC1(c2ccc(F)cc2)CCC1)c1cccnc1. The molecule has 1 heterocycles. The maximum absolute atomic E-state index is 13.4. The van der Waals surface area contributed by atoms with Gasteiger partial charge in [-0.25, -0.2) is 4.39 Å². The molecule has 1 unspecified atom stereocenters. The van der Waals surface area contributed by atoms with E-state index >= 15 is 0 Å². The first-order valence-corrected chi connectivity index (χ1v) is 10.8. The smallest absolute Gasteiger partial charge is 0.253 e. The summed E-state index contributed by atoms with van der Waals surface area (Å²) < 4.78 is 13.4. The normalized spacial score (nSPS) is 15.3. The van der Waals surface area contributed by atoms with Crippen molar-refractivity contribution in [2.75, 3.05) is 6.54 Å². The second-order valence-electron chi connectivity index (χ2n) is 8.32. The van der Waals surface area contributed by atoms with E-state index in [1.807, 2.05) is 30.3 Å². The van der Waals surface area contributed by atoms with Gasteiger partial charge in [-0.2, -0.15) is 0 Å². The summed E-state index contributed by atoms with van der Waals surface area (Å²) in [5, 5.41) is 5.91. The molecule has 1 aliphatic rings. The number of pyridine rings is 1. The number of halogens is 1. The van der Waals surface area contributed by atoms with E-state index in [0.717, 1.165) is 30.4 Å². The zero-order chi connectivity index (χ0) is 22.4. The maximum atomic E-state index is 13.4. The fourth-order valence-corrected chi connectivity index (χ4v) is 4.15. The van der Waals surface area contributed by atoms with Crippen molar-refractivity contribution in [3.8, 4) is 0 Å². The van der Waals surface area contributed by atoms with E-state index < -0.39 is 6.04 Å².